The van der Waals surface area contributed by atoms with Crippen molar-refractivity contribution in [3.8, 4) is 0 Å². The first kappa shape index (κ1) is 12.3. The van der Waals surface area contributed by atoms with Gasteiger partial charge in [-0.15, -0.1) is 11.3 Å². The lowest BCUT2D eigenvalue weighted by molar-refractivity contribution is 0.0942. The summed E-state index contributed by atoms with van der Waals surface area (Å²) in [4.78, 5) is 18.0. The van der Waals surface area contributed by atoms with Crippen molar-refractivity contribution in [2.75, 3.05) is 31.9 Å². The molecular weight excluding hydrogens is 236 g/mol. The van der Waals surface area contributed by atoms with Gasteiger partial charge in [0.25, 0.3) is 5.91 Å². The molecule has 0 aliphatic carbocycles. The fourth-order valence-corrected chi connectivity index (χ4v) is 2.54. The van der Waals surface area contributed by atoms with Gasteiger partial charge in [-0.2, -0.15) is 0 Å². The van der Waals surface area contributed by atoms with Crippen molar-refractivity contribution in [2.45, 2.75) is 19.3 Å². The van der Waals surface area contributed by atoms with Crippen LogP contribution in [0.2, 0.25) is 0 Å². The molecular formula is C11H18N4OS. The Morgan fingerprint density at radius 3 is 2.88 bits per heavy atom. The van der Waals surface area contributed by atoms with Gasteiger partial charge in [0, 0.05) is 18.5 Å². The summed E-state index contributed by atoms with van der Waals surface area (Å²) in [5, 5.41) is 4.99. The standard InChI is InChI=1S/C11H18N4OS/c12-11-14-9(8-17-11)10(16)13-4-7-15-5-2-1-3-6-15/h8H,1-7H2,(H2,12,14)(H,13,16). The summed E-state index contributed by atoms with van der Waals surface area (Å²) in [6, 6.07) is 0. The summed E-state index contributed by atoms with van der Waals surface area (Å²) >= 11 is 1.29. The van der Waals surface area contributed by atoms with Crippen LogP contribution in [0.25, 0.3) is 0 Å². The first-order valence-corrected chi connectivity index (χ1v) is 6.85. The van der Waals surface area contributed by atoms with Gasteiger partial charge in [-0.3, -0.25) is 4.79 Å². The fraction of sp³-hybridized carbons (Fsp3) is 0.636. The number of piperidine rings is 1. The molecule has 0 unspecified atom stereocenters. The fourth-order valence-electron chi connectivity index (χ4n) is 1.99. The summed E-state index contributed by atoms with van der Waals surface area (Å²) in [6.07, 6.45) is 3.88. The predicted molar refractivity (Wildman–Crippen MR) is 69.2 cm³/mol. The van der Waals surface area contributed by atoms with E-state index < -0.39 is 0 Å². The number of hydrogen-bond donors (Lipinski definition) is 2. The van der Waals surface area contributed by atoms with Crippen LogP contribution in [-0.4, -0.2) is 42.0 Å². The third kappa shape index (κ3) is 3.67. The zero-order valence-corrected chi connectivity index (χ0v) is 10.6. The highest BCUT2D eigenvalue weighted by Gasteiger charge is 2.11. The first-order valence-electron chi connectivity index (χ1n) is 5.97. The quantitative estimate of drug-likeness (QED) is 0.839. The first-order chi connectivity index (χ1) is 8.25. The molecule has 17 heavy (non-hydrogen) atoms. The molecule has 6 heteroatoms. The van der Waals surface area contributed by atoms with Crippen molar-refractivity contribution in [3.63, 3.8) is 0 Å². The number of nitrogens with zero attached hydrogens (tertiary/aromatic N) is 2. The molecule has 0 radical (unpaired) electrons. The molecule has 1 aliphatic rings. The normalized spacial score (nSPS) is 16.9. The molecule has 3 N–H and O–H groups in total. The van der Waals surface area contributed by atoms with Crippen LogP contribution in [0.1, 0.15) is 29.8 Å². The molecule has 0 atom stereocenters. The molecule has 5 nitrogen and oxygen atoms in total. The van der Waals surface area contributed by atoms with Gasteiger partial charge >= 0.3 is 0 Å². The van der Waals surface area contributed by atoms with E-state index in [1.807, 2.05) is 0 Å². The highest BCUT2D eigenvalue weighted by Crippen LogP contribution is 2.10. The highest BCUT2D eigenvalue weighted by atomic mass is 32.1. The highest BCUT2D eigenvalue weighted by molar-refractivity contribution is 7.13. The number of carbonyl (C=O) groups is 1. The molecule has 1 aromatic rings. The van der Waals surface area contributed by atoms with Crippen LogP contribution in [0.4, 0.5) is 5.13 Å². The second-order valence-corrected chi connectivity index (χ2v) is 5.12. The topological polar surface area (TPSA) is 71.2 Å². The maximum absolute atomic E-state index is 11.7. The molecule has 1 aliphatic heterocycles. The number of hydrogen-bond acceptors (Lipinski definition) is 5. The number of thiazole rings is 1. The third-order valence-electron chi connectivity index (χ3n) is 2.92. The molecule has 2 rings (SSSR count). The summed E-state index contributed by atoms with van der Waals surface area (Å²) in [5.74, 6) is -0.130. The number of nitrogens with two attached hydrogens (primary N) is 1. The molecule has 94 valence electrons. The Bertz CT molecular complexity index is 373. The average molecular weight is 254 g/mol. The van der Waals surface area contributed by atoms with Crippen molar-refractivity contribution in [3.05, 3.63) is 11.1 Å². The van der Waals surface area contributed by atoms with Crippen LogP contribution in [-0.2, 0) is 0 Å². The summed E-state index contributed by atoms with van der Waals surface area (Å²) in [5.41, 5.74) is 5.90. The zero-order chi connectivity index (χ0) is 12.1. The van der Waals surface area contributed by atoms with Crippen LogP contribution in [0, 0.1) is 0 Å². The van der Waals surface area contributed by atoms with Crippen molar-refractivity contribution in [2.24, 2.45) is 0 Å². The Morgan fingerprint density at radius 1 is 1.47 bits per heavy atom. The SMILES string of the molecule is Nc1nc(C(=O)NCCN2CCCCC2)cs1. The summed E-state index contributed by atoms with van der Waals surface area (Å²) < 4.78 is 0. The maximum atomic E-state index is 11.7. The number of amides is 1. The van der Waals surface area contributed by atoms with E-state index in [0.717, 1.165) is 19.6 Å². The van der Waals surface area contributed by atoms with Crippen molar-refractivity contribution >= 4 is 22.4 Å². The number of carbonyl (C=O) groups excluding carboxylic acids is 1. The van der Waals surface area contributed by atoms with Gasteiger partial charge in [0.15, 0.2) is 5.13 Å². The second kappa shape index (κ2) is 5.97. The van der Waals surface area contributed by atoms with Gasteiger partial charge in [-0.05, 0) is 25.9 Å². The summed E-state index contributed by atoms with van der Waals surface area (Å²) in [7, 11) is 0. The van der Waals surface area contributed by atoms with Gasteiger partial charge in [-0.25, -0.2) is 4.98 Å². The molecule has 0 spiro atoms. The Morgan fingerprint density at radius 2 is 2.24 bits per heavy atom. The number of aromatic nitrogens is 1. The number of nitrogen functional groups attached to an aromatic ring is 1. The molecule has 2 heterocycles. The zero-order valence-electron chi connectivity index (χ0n) is 9.82. The van der Waals surface area contributed by atoms with Crippen molar-refractivity contribution in [1.82, 2.24) is 15.2 Å². The lowest BCUT2D eigenvalue weighted by atomic mass is 10.1. The van der Waals surface area contributed by atoms with Crippen LogP contribution in [0.3, 0.4) is 0 Å². The number of rotatable bonds is 4. The smallest absolute Gasteiger partial charge is 0.270 e. The monoisotopic (exact) mass is 254 g/mol. The van der Waals surface area contributed by atoms with Crippen LogP contribution in [0.5, 0.6) is 0 Å². The Balaban J connectivity index is 1.69. The van der Waals surface area contributed by atoms with E-state index in [1.165, 1.54) is 30.6 Å². The maximum Gasteiger partial charge on any atom is 0.270 e. The van der Waals surface area contributed by atoms with Crippen LogP contribution < -0.4 is 11.1 Å². The van der Waals surface area contributed by atoms with Crippen LogP contribution >= 0.6 is 11.3 Å². The lowest BCUT2D eigenvalue weighted by Crippen LogP contribution is -2.37. The molecule has 1 fully saturated rings. The van der Waals surface area contributed by atoms with E-state index in [-0.39, 0.29) is 5.91 Å². The Kier molecular flexibility index (Phi) is 4.33. The molecule has 0 bridgehead atoms. The van der Waals surface area contributed by atoms with Crippen LogP contribution in [0.15, 0.2) is 5.38 Å². The molecule has 1 saturated heterocycles. The van der Waals surface area contributed by atoms with E-state index in [2.05, 4.69) is 15.2 Å². The van der Waals surface area contributed by atoms with E-state index in [0.29, 0.717) is 17.4 Å². The van der Waals surface area contributed by atoms with Crippen molar-refractivity contribution < 1.29 is 4.79 Å². The minimum absolute atomic E-state index is 0.130. The predicted octanol–water partition coefficient (Wildman–Crippen LogP) is 0.941. The van der Waals surface area contributed by atoms with E-state index in [9.17, 15) is 4.79 Å². The average Bonchev–Trinajstić information content (AvgIpc) is 2.77. The molecule has 1 aromatic heterocycles. The third-order valence-corrected chi connectivity index (χ3v) is 3.59. The van der Waals surface area contributed by atoms with E-state index >= 15 is 0 Å². The van der Waals surface area contributed by atoms with Gasteiger partial charge in [0.2, 0.25) is 0 Å². The van der Waals surface area contributed by atoms with E-state index in [4.69, 9.17) is 5.73 Å². The minimum atomic E-state index is -0.130. The summed E-state index contributed by atoms with van der Waals surface area (Å²) in [6.45, 7) is 3.90. The number of anilines is 1. The minimum Gasteiger partial charge on any atom is -0.375 e. The lowest BCUT2D eigenvalue weighted by Gasteiger charge is -2.26. The largest absolute Gasteiger partial charge is 0.375 e. The van der Waals surface area contributed by atoms with Crippen molar-refractivity contribution in [1.29, 1.82) is 0 Å². The number of likely N-dealkylation sites (tertiary alicyclic amines) is 1. The molecule has 1 amide bonds. The number of nitrogens with one attached hydrogen (secondary N) is 1. The second-order valence-electron chi connectivity index (χ2n) is 4.23. The molecule has 0 saturated carbocycles. The molecule has 0 aromatic carbocycles. The van der Waals surface area contributed by atoms with Gasteiger partial charge in [-0.1, -0.05) is 6.42 Å². The van der Waals surface area contributed by atoms with E-state index in [1.54, 1.807) is 5.38 Å². The Hall–Kier alpha value is -1.14. The van der Waals surface area contributed by atoms with Gasteiger partial charge in [0.1, 0.15) is 5.69 Å². The van der Waals surface area contributed by atoms with Gasteiger partial charge in [0.05, 0.1) is 0 Å². The Labute approximate surface area is 105 Å². The van der Waals surface area contributed by atoms with Gasteiger partial charge < -0.3 is 16.0 Å².